The van der Waals surface area contributed by atoms with Crippen LogP contribution in [0.3, 0.4) is 0 Å². The predicted molar refractivity (Wildman–Crippen MR) is 108 cm³/mol. The lowest BCUT2D eigenvalue weighted by Crippen LogP contribution is -2.37. The number of rotatable bonds is 9. The molecule has 0 heterocycles. The summed E-state index contributed by atoms with van der Waals surface area (Å²) in [5, 5.41) is 4.50. The molecule has 0 atom stereocenters. The monoisotopic (exact) mass is 414 g/mol. The largest absolute Gasteiger partial charge is 0.497 e. The van der Waals surface area contributed by atoms with Gasteiger partial charge in [0.2, 0.25) is 0 Å². The van der Waals surface area contributed by atoms with Crippen LogP contribution in [0.25, 0.3) is 0 Å². The Labute approximate surface area is 173 Å². The number of carbonyl (C=O) groups is 4. The maximum atomic E-state index is 11.8. The van der Waals surface area contributed by atoms with Crippen molar-refractivity contribution >= 4 is 29.4 Å². The standard InChI is InChI=1S/C21H22N2O7/c1-3-18(24)14-4-8-17(9-5-14)29-13-20(26)30-12-19(25)23-21(27)22-15-6-10-16(28-2)11-7-15/h4-11H,3,12-13H2,1-2H3,(H2,22,23,25,27). The Bertz CT molecular complexity index is 893. The molecule has 0 spiro atoms. The summed E-state index contributed by atoms with van der Waals surface area (Å²) < 4.78 is 15.0. The quantitative estimate of drug-likeness (QED) is 0.478. The van der Waals surface area contributed by atoms with Gasteiger partial charge in [0.1, 0.15) is 11.5 Å². The van der Waals surface area contributed by atoms with Crippen LogP contribution in [0.4, 0.5) is 10.5 Å². The fourth-order valence-corrected chi connectivity index (χ4v) is 2.27. The average Bonchev–Trinajstić information content (AvgIpc) is 2.76. The first-order chi connectivity index (χ1) is 14.4. The van der Waals surface area contributed by atoms with E-state index in [0.29, 0.717) is 29.2 Å². The molecule has 0 aliphatic carbocycles. The van der Waals surface area contributed by atoms with E-state index in [1.165, 1.54) is 7.11 Å². The zero-order valence-electron chi connectivity index (χ0n) is 16.6. The predicted octanol–water partition coefficient (Wildman–Crippen LogP) is 2.56. The molecular formula is C21H22N2O7. The molecule has 0 aliphatic heterocycles. The van der Waals surface area contributed by atoms with E-state index in [1.807, 2.05) is 5.32 Å². The van der Waals surface area contributed by atoms with Gasteiger partial charge in [-0.05, 0) is 48.5 Å². The number of esters is 1. The smallest absolute Gasteiger partial charge is 0.344 e. The molecule has 0 unspecified atom stereocenters. The van der Waals surface area contributed by atoms with Gasteiger partial charge < -0.3 is 19.5 Å². The van der Waals surface area contributed by atoms with Gasteiger partial charge in [-0.1, -0.05) is 6.92 Å². The number of nitrogens with one attached hydrogen (secondary N) is 2. The molecule has 9 nitrogen and oxygen atoms in total. The molecule has 0 saturated carbocycles. The van der Waals surface area contributed by atoms with Gasteiger partial charge in [0.15, 0.2) is 19.0 Å². The number of urea groups is 1. The Morgan fingerprint density at radius 1 is 0.867 bits per heavy atom. The van der Waals surface area contributed by atoms with Crippen LogP contribution >= 0.6 is 0 Å². The van der Waals surface area contributed by atoms with Crippen LogP contribution in [0.15, 0.2) is 48.5 Å². The maximum Gasteiger partial charge on any atom is 0.344 e. The van der Waals surface area contributed by atoms with E-state index < -0.39 is 31.1 Å². The van der Waals surface area contributed by atoms with Crippen LogP contribution in [0.2, 0.25) is 0 Å². The Morgan fingerprint density at radius 2 is 1.50 bits per heavy atom. The highest BCUT2D eigenvalue weighted by Gasteiger charge is 2.12. The Kier molecular flexibility index (Phi) is 8.37. The number of ether oxygens (including phenoxy) is 3. The number of methoxy groups -OCH3 is 1. The fraction of sp³-hybridized carbons (Fsp3) is 0.238. The van der Waals surface area contributed by atoms with Crippen molar-refractivity contribution in [3.8, 4) is 11.5 Å². The molecule has 2 aromatic carbocycles. The molecule has 2 N–H and O–H groups in total. The minimum atomic E-state index is -0.795. The van der Waals surface area contributed by atoms with E-state index in [9.17, 15) is 19.2 Å². The summed E-state index contributed by atoms with van der Waals surface area (Å²) in [5.74, 6) is -0.575. The zero-order chi connectivity index (χ0) is 21.9. The summed E-state index contributed by atoms with van der Waals surface area (Å²) >= 11 is 0. The number of imide groups is 1. The van der Waals surface area contributed by atoms with Crippen molar-refractivity contribution < 1.29 is 33.4 Å². The number of benzene rings is 2. The summed E-state index contributed by atoms with van der Waals surface area (Å²) in [7, 11) is 1.52. The number of Topliss-reactive ketones (excluding diaryl/α,β-unsaturated/α-hetero) is 1. The van der Waals surface area contributed by atoms with Crippen molar-refractivity contribution in [2.24, 2.45) is 0 Å². The van der Waals surface area contributed by atoms with Crippen LogP contribution in [0.1, 0.15) is 23.7 Å². The summed E-state index contributed by atoms with van der Waals surface area (Å²) in [4.78, 5) is 46.7. The summed E-state index contributed by atoms with van der Waals surface area (Å²) in [6.45, 7) is 0.705. The van der Waals surface area contributed by atoms with E-state index in [2.05, 4.69) is 5.32 Å². The number of amides is 3. The minimum absolute atomic E-state index is 0.00278. The second-order valence-corrected chi connectivity index (χ2v) is 5.98. The molecule has 0 fully saturated rings. The molecule has 2 rings (SSSR count). The third-order valence-electron chi connectivity index (χ3n) is 3.82. The second kappa shape index (κ2) is 11.2. The Hall–Kier alpha value is -3.88. The zero-order valence-corrected chi connectivity index (χ0v) is 16.6. The van der Waals surface area contributed by atoms with Gasteiger partial charge in [-0.15, -0.1) is 0 Å². The Morgan fingerprint density at radius 3 is 2.10 bits per heavy atom. The van der Waals surface area contributed by atoms with E-state index in [0.717, 1.165) is 0 Å². The van der Waals surface area contributed by atoms with Crippen molar-refractivity contribution in [2.75, 3.05) is 25.6 Å². The van der Waals surface area contributed by atoms with E-state index in [1.54, 1.807) is 55.5 Å². The lowest BCUT2D eigenvalue weighted by molar-refractivity contribution is -0.150. The summed E-state index contributed by atoms with van der Waals surface area (Å²) in [6.07, 6.45) is 0.396. The van der Waals surface area contributed by atoms with Gasteiger partial charge in [-0.3, -0.25) is 14.9 Å². The van der Waals surface area contributed by atoms with Crippen molar-refractivity contribution in [3.05, 3.63) is 54.1 Å². The molecule has 0 bridgehead atoms. The first-order valence-corrected chi connectivity index (χ1v) is 9.07. The summed E-state index contributed by atoms with van der Waals surface area (Å²) in [6, 6.07) is 12.1. The lowest BCUT2D eigenvalue weighted by Gasteiger charge is -2.09. The van der Waals surface area contributed by atoms with E-state index >= 15 is 0 Å². The minimum Gasteiger partial charge on any atom is -0.497 e. The highest BCUT2D eigenvalue weighted by atomic mass is 16.6. The normalized spacial score (nSPS) is 9.93. The average molecular weight is 414 g/mol. The number of hydrogen-bond acceptors (Lipinski definition) is 7. The van der Waals surface area contributed by atoms with Crippen LogP contribution in [0.5, 0.6) is 11.5 Å². The molecule has 9 heteroatoms. The highest BCUT2D eigenvalue weighted by Crippen LogP contribution is 2.15. The fourth-order valence-electron chi connectivity index (χ4n) is 2.27. The molecule has 2 aromatic rings. The van der Waals surface area contributed by atoms with Crippen molar-refractivity contribution in [1.82, 2.24) is 5.32 Å². The number of ketones is 1. The summed E-state index contributed by atoms with van der Waals surface area (Å²) in [5.41, 5.74) is 1.01. The first-order valence-electron chi connectivity index (χ1n) is 9.07. The molecule has 30 heavy (non-hydrogen) atoms. The van der Waals surface area contributed by atoms with Crippen LogP contribution < -0.4 is 20.1 Å². The highest BCUT2D eigenvalue weighted by molar-refractivity contribution is 6.01. The van der Waals surface area contributed by atoms with Gasteiger partial charge in [0.05, 0.1) is 7.11 Å². The topological polar surface area (TPSA) is 120 Å². The van der Waals surface area contributed by atoms with Gasteiger partial charge in [0, 0.05) is 17.7 Å². The Balaban J connectivity index is 1.68. The molecule has 0 radical (unpaired) electrons. The van der Waals surface area contributed by atoms with Crippen LogP contribution in [-0.4, -0.2) is 44.0 Å². The molecule has 158 valence electrons. The van der Waals surface area contributed by atoms with E-state index in [4.69, 9.17) is 14.2 Å². The van der Waals surface area contributed by atoms with Crippen LogP contribution in [-0.2, 0) is 14.3 Å². The third kappa shape index (κ3) is 7.27. The number of hydrogen-bond donors (Lipinski definition) is 2. The molecule has 0 saturated heterocycles. The van der Waals surface area contributed by atoms with Gasteiger partial charge in [0.25, 0.3) is 5.91 Å². The van der Waals surface area contributed by atoms with Crippen molar-refractivity contribution in [3.63, 3.8) is 0 Å². The lowest BCUT2D eigenvalue weighted by atomic mass is 10.1. The van der Waals surface area contributed by atoms with Gasteiger partial charge in [-0.25, -0.2) is 9.59 Å². The number of carbonyl (C=O) groups excluding carboxylic acids is 4. The van der Waals surface area contributed by atoms with Gasteiger partial charge in [-0.2, -0.15) is 0 Å². The molecule has 0 aromatic heterocycles. The van der Waals surface area contributed by atoms with Gasteiger partial charge >= 0.3 is 12.0 Å². The van der Waals surface area contributed by atoms with Crippen molar-refractivity contribution in [2.45, 2.75) is 13.3 Å². The molecular weight excluding hydrogens is 392 g/mol. The molecule has 3 amide bonds. The second-order valence-electron chi connectivity index (χ2n) is 5.98. The first kappa shape index (κ1) is 22.4. The van der Waals surface area contributed by atoms with Crippen molar-refractivity contribution in [1.29, 1.82) is 0 Å². The third-order valence-corrected chi connectivity index (χ3v) is 3.82. The van der Waals surface area contributed by atoms with Crippen LogP contribution in [0, 0.1) is 0 Å². The molecule has 0 aliphatic rings. The maximum absolute atomic E-state index is 11.8. The SMILES string of the molecule is CCC(=O)c1ccc(OCC(=O)OCC(=O)NC(=O)Nc2ccc(OC)cc2)cc1. The van der Waals surface area contributed by atoms with E-state index in [-0.39, 0.29) is 5.78 Å². The number of anilines is 1.